The average molecular weight is 417 g/mol. The van der Waals surface area contributed by atoms with Gasteiger partial charge in [0.25, 0.3) is 0 Å². The number of carboxylic acid groups (broad SMARTS) is 1. The van der Waals surface area contributed by atoms with Crippen molar-refractivity contribution < 1.29 is 13.0 Å². The van der Waals surface area contributed by atoms with E-state index < -0.39 is 27.2 Å². The van der Waals surface area contributed by atoms with Gasteiger partial charge in [-0.1, -0.05) is 40.9 Å². The van der Waals surface area contributed by atoms with Crippen molar-refractivity contribution in [2.24, 2.45) is 0 Å². The van der Waals surface area contributed by atoms with E-state index in [1.165, 1.54) is 12.1 Å². The average Bonchev–Trinajstić information content (AvgIpc) is 2.32. The number of halogens is 4. The lowest BCUT2D eigenvalue weighted by Gasteiger charge is -2.09. The van der Waals surface area contributed by atoms with Crippen LogP contribution in [0.2, 0.25) is 15.1 Å². The van der Waals surface area contributed by atoms with E-state index in [1.54, 1.807) is 6.07 Å². The van der Waals surface area contributed by atoms with Gasteiger partial charge in [0.15, 0.2) is 21.2 Å². The predicted molar refractivity (Wildman–Crippen MR) is 79.3 cm³/mol. The summed E-state index contributed by atoms with van der Waals surface area (Å²) in [6.45, 7) is 0. The molecule has 0 saturated carbocycles. The van der Waals surface area contributed by atoms with Gasteiger partial charge in [-0.05, 0) is 12.1 Å². The van der Waals surface area contributed by atoms with E-state index >= 15 is 0 Å². The van der Waals surface area contributed by atoms with E-state index in [0.29, 0.717) is 15.8 Å². The van der Waals surface area contributed by atoms with Gasteiger partial charge in [-0.2, -0.15) is 0 Å². The Labute approximate surface area is 127 Å². The Kier molecular flexibility index (Phi) is 4.11. The highest BCUT2D eigenvalue weighted by Crippen LogP contribution is 2.38. The number of aromatic carboxylic acids is 1. The lowest BCUT2D eigenvalue weighted by Crippen LogP contribution is -2.02. The first kappa shape index (κ1) is 14.0. The third kappa shape index (κ3) is 2.22. The van der Waals surface area contributed by atoms with Crippen molar-refractivity contribution in [1.82, 2.24) is 0 Å². The number of hydrogen-bond donors (Lipinski definition) is 1. The fourth-order valence-corrected chi connectivity index (χ4v) is 3.89. The second-order valence-electron chi connectivity index (χ2n) is 3.39. The van der Waals surface area contributed by atoms with Gasteiger partial charge < -0.3 is 5.11 Å². The molecule has 0 amide bonds. The normalized spacial score (nSPS) is 10.8. The van der Waals surface area contributed by atoms with Crippen LogP contribution in [0, 0.1) is 3.57 Å². The molecule has 2 rings (SSSR count). The first-order chi connectivity index (χ1) is 8.47. The van der Waals surface area contributed by atoms with Gasteiger partial charge >= 0.3 is 5.97 Å². The zero-order valence-electron chi connectivity index (χ0n) is 8.51. The van der Waals surface area contributed by atoms with Crippen LogP contribution in [0.3, 0.4) is 0 Å². The van der Waals surface area contributed by atoms with Crippen molar-refractivity contribution in [1.29, 1.82) is 0 Å². The van der Waals surface area contributed by atoms with Crippen LogP contribution >= 0.6 is 56.0 Å². The van der Waals surface area contributed by atoms with Gasteiger partial charge in [-0.15, -0.1) is 0 Å². The summed E-state index contributed by atoms with van der Waals surface area (Å²) < 4.78 is 11.6. The number of carbonyl (C=O) groups is 1. The van der Waals surface area contributed by atoms with Gasteiger partial charge in [-0.3, -0.25) is 3.07 Å². The number of carboxylic acids is 1. The minimum Gasteiger partial charge on any atom is -0.478 e. The number of benzene rings is 2. The predicted octanol–water partition coefficient (Wildman–Crippen LogP) is 4.98. The van der Waals surface area contributed by atoms with E-state index in [9.17, 15) is 7.86 Å². The second kappa shape index (κ2) is 5.28. The van der Waals surface area contributed by atoms with Crippen LogP contribution < -0.4 is 0 Å². The molecule has 0 heterocycles. The molecule has 0 unspecified atom stereocenters. The summed E-state index contributed by atoms with van der Waals surface area (Å²) >= 11 is 16.1. The molecule has 0 aliphatic rings. The molecule has 0 fully saturated rings. The molecule has 1 N–H and O–H groups in total. The van der Waals surface area contributed by atoms with Gasteiger partial charge in [0.1, 0.15) is 0 Å². The third-order valence-corrected chi connectivity index (χ3v) is 5.07. The van der Waals surface area contributed by atoms with Crippen molar-refractivity contribution in [2.45, 2.75) is 0 Å². The first-order valence-electron chi connectivity index (χ1n) is 4.58. The van der Waals surface area contributed by atoms with Crippen molar-refractivity contribution in [3.8, 4) is 0 Å². The quantitative estimate of drug-likeness (QED) is 0.701. The number of rotatable bonds is 2. The molecule has 0 atom stereocenters. The molecule has 0 bridgehead atoms. The van der Waals surface area contributed by atoms with Gasteiger partial charge in [0.2, 0.25) is 0 Å². The summed E-state index contributed by atoms with van der Waals surface area (Å²) in [7, 11) is 0. The van der Waals surface area contributed by atoms with Crippen molar-refractivity contribution in [3.63, 3.8) is 0 Å². The zero-order chi connectivity index (χ0) is 13.4. The monoisotopic (exact) mass is 416 g/mol. The highest BCUT2D eigenvalue weighted by molar-refractivity contribution is 14.1. The van der Waals surface area contributed by atoms with Crippen LogP contribution in [0.15, 0.2) is 18.2 Å². The highest BCUT2D eigenvalue weighted by Gasteiger charge is 2.20. The summed E-state index contributed by atoms with van der Waals surface area (Å²) in [4.78, 5) is 11.1. The fourth-order valence-electron chi connectivity index (χ4n) is 1.61. The van der Waals surface area contributed by atoms with Crippen LogP contribution in [-0.4, -0.2) is 11.1 Å². The minimum absolute atomic E-state index is 0.00437. The molecule has 0 radical (unpaired) electrons. The van der Waals surface area contributed by atoms with E-state index in [4.69, 9.17) is 39.9 Å². The minimum atomic E-state index is -1.70. The second-order valence-corrected chi connectivity index (χ2v) is 6.10. The third-order valence-electron chi connectivity index (χ3n) is 2.39. The van der Waals surface area contributed by atoms with Crippen LogP contribution in [0.5, 0.6) is 0 Å². The molecule has 2 aromatic rings. The lowest BCUT2D eigenvalue weighted by atomic mass is 10.1. The fraction of sp³-hybridized carbons (Fsp3) is 0. The molecular weight excluding hydrogens is 413 g/mol. The van der Waals surface area contributed by atoms with Crippen molar-refractivity contribution >= 4 is 72.7 Å². The number of fused-ring (bicyclic) bond motifs is 1. The van der Waals surface area contributed by atoms with Gasteiger partial charge in [0, 0.05) is 10.8 Å². The van der Waals surface area contributed by atoms with E-state index in [-0.39, 0.29) is 19.2 Å². The maximum atomic E-state index is 11.3. The van der Waals surface area contributed by atoms with Crippen LogP contribution in [0.4, 0.5) is 0 Å². The molecule has 0 aliphatic carbocycles. The molecule has 18 heavy (non-hydrogen) atoms. The molecule has 7 heteroatoms. The molecule has 0 aliphatic heterocycles. The topological polar surface area (TPSA) is 54.4 Å². The van der Waals surface area contributed by atoms with E-state index in [0.717, 1.165) is 0 Å². The van der Waals surface area contributed by atoms with Crippen LogP contribution in [0.25, 0.3) is 10.8 Å². The molecule has 3 nitrogen and oxygen atoms in total. The Morgan fingerprint density at radius 2 is 1.78 bits per heavy atom. The SMILES string of the molecule is O=Ic1c(C(=O)O)c(Cl)cc2c(Cl)c(Cl)ccc12. The molecule has 94 valence electrons. The summed E-state index contributed by atoms with van der Waals surface area (Å²) in [6.07, 6.45) is 0. The molecule has 0 saturated heterocycles. The standard InChI is InChI=1S/C11H4Cl3IO3/c12-6-2-1-4-5(9(6)14)3-7(13)8(11(16)17)10(4)15-18/h1-3H,(H,16,17). The molecule has 2 aromatic carbocycles. The largest absolute Gasteiger partial charge is 0.478 e. The summed E-state index contributed by atoms with van der Waals surface area (Å²) in [6, 6.07) is 4.56. The summed E-state index contributed by atoms with van der Waals surface area (Å²) in [5, 5.41) is 10.7. The van der Waals surface area contributed by atoms with Crippen molar-refractivity contribution in [3.05, 3.63) is 42.4 Å². The smallest absolute Gasteiger partial charge is 0.338 e. The van der Waals surface area contributed by atoms with Crippen LogP contribution in [-0.2, 0) is 3.07 Å². The first-order valence-corrected chi connectivity index (χ1v) is 7.67. The maximum Gasteiger partial charge on any atom is 0.338 e. The highest BCUT2D eigenvalue weighted by atomic mass is 127. The van der Waals surface area contributed by atoms with Gasteiger partial charge in [-0.25, -0.2) is 4.79 Å². The number of hydrogen-bond acceptors (Lipinski definition) is 2. The van der Waals surface area contributed by atoms with Crippen LogP contribution in [0.1, 0.15) is 10.4 Å². The van der Waals surface area contributed by atoms with Gasteiger partial charge in [0.05, 0.1) is 24.2 Å². The molecule has 0 aromatic heterocycles. The Morgan fingerprint density at radius 1 is 1.11 bits per heavy atom. The zero-order valence-corrected chi connectivity index (χ0v) is 12.9. The lowest BCUT2D eigenvalue weighted by molar-refractivity contribution is 0.0696. The maximum absolute atomic E-state index is 11.3. The molecular formula is C11H4Cl3IO3. The van der Waals surface area contributed by atoms with E-state index in [1.807, 2.05) is 0 Å². The Hall–Kier alpha value is -0.430. The van der Waals surface area contributed by atoms with Crippen molar-refractivity contribution in [2.75, 3.05) is 0 Å². The summed E-state index contributed by atoms with van der Waals surface area (Å²) in [5.74, 6) is -1.21. The van der Waals surface area contributed by atoms with E-state index in [2.05, 4.69) is 0 Å². The Balaban J connectivity index is 3.02. The Bertz CT molecular complexity index is 685. The Morgan fingerprint density at radius 3 is 2.33 bits per heavy atom. The summed E-state index contributed by atoms with van der Waals surface area (Å²) in [5.41, 5.74) is -0.134. The molecule has 0 spiro atoms.